The van der Waals surface area contributed by atoms with Crippen molar-refractivity contribution in [2.75, 3.05) is 0 Å². The van der Waals surface area contributed by atoms with Crippen LogP contribution in [0.4, 0.5) is 0 Å². The second-order valence-electron chi connectivity index (χ2n) is 16.3. The van der Waals surface area contributed by atoms with Crippen molar-refractivity contribution in [3.05, 3.63) is 212 Å². The first-order valence-corrected chi connectivity index (χ1v) is 21.5. The molecule has 0 N–H and O–H groups in total. The van der Waals surface area contributed by atoms with Gasteiger partial charge in [0.25, 0.3) is 0 Å². The van der Waals surface area contributed by atoms with Crippen molar-refractivity contribution in [3.8, 4) is 67.5 Å². The van der Waals surface area contributed by atoms with E-state index in [1.165, 1.54) is 21.7 Å². The van der Waals surface area contributed by atoms with Crippen molar-refractivity contribution < 1.29 is 8.83 Å². The van der Waals surface area contributed by atoms with Gasteiger partial charge in [0, 0.05) is 38.2 Å². The van der Waals surface area contributed by atoms with Gasteiger partial charge in [-0.2, -0.15) is 0 Å². The smallest absolute Gasteiger partial charge is 0.164 e. The Kier molecular flexibility index (Phi) is 8.15. The summed E-state index contributed by atoms with van der Waals surface area (Å²) in [5.41, 5.74) is 12.7. The van der Waals surface area contributed by atoms with Crippen LogP contribution in [-0.2, 0) is 0 Å². The van der Waals surface area contributed by atoms with Gasteiger partial charge in [0.1, 0.15) is 22.3 Å². The molecule has 3 heterocycles. The molecule has 0 unspecified atom stereocenters. The first kappa shape index (κ1) is 36.0. The Balaban J connectivity index is 0.997. The zero-order valence-corrected chi connectivity index (χ0v) is 34.4. The Bertz CT molecular complexity index is 3960. The molecule has 5 heteroatoms. The van der Waals surface area contributed by atoms with Crippen LogP contribution in [0.3, 0.4) is 0 Å². The predicted octanol–water partition coefficient (Wildman–Crippen LogP) is 16.0. The van der Waals surface area contributed by atoms with Crippen LogP contribution in [0, 0.1) is 0 Å². The minimum atomic E-state index is 0.583. The molecule has 0 aliphatic carbocycles. The summed E-state index contributed by atoms with van der Waals surface area (Å²) in [5.74, 6) is 1.77. The van der Waals surface area contributed by atoms with E-state index in [-0.39, 0.29) is 0 Å². The maximum Gasteiger partial charge on any atom is 0.164 e. The van der Waals surface area contributed by atoms with E-state index in [9.17, 15) is 0 Å². The van der Waals surface area contributed by atoms with E-state index in [0.717, 1.165) is 93.8 Å². The van der Waals surface area contributed by atoms with Gasteiger partial charge >= 0.3 is 0 Å². The number of fused-ring (bicyclic) bond motifs is 9. The Morgan fingerprint density at radius 2 is 0.844 bits per heavy atom. The molecule has 0 spiro atoms. The lowest BCUT2D eigenvalue weighted by atomic mass is 9.90. The average molecular weight is 818 g/mol. The lowest BCUT2D eigenvalue weighted by Crippen LogP contribution is -2.01. The molecule has 0 bridgehead atoms. The minimum absolute atomic E-state index is 0.583. The molecule has 64 heavy (non-hydrogen) atoms. The summed E-state index contributed by atoms with van der Waals surface area (Å²) < 4.78 is 13.0. The molecular weight excluding hydrogens is 783 g/mol. The van der Waals surface area contributed by atoms with Gasteiger partial charge in [0.2, 0.25) is 0 Å². The Labute approximate surface area is 367 Å². The van der Waals surface area contributed by atoms with Gasteiger partial charge in [-0.1, -0.05) is 176 Å². The summed E-state index contributed by atoms with van der Waals surface area (Å²) in [4.78, 5) is 15.5. The summed E-state index contributed by atoms with van der Waals surface area (Å²) in [5, 5.41) is 8.98. The number of furan rings is 2. The van der Waals surface area contributed by atoms with Gasteiger partial charge in [-0.3, -0.25) is 0 Å². The summed E-state index contributed by atoms with van der Waals surface area (Å²) in [6.07, 6.45) is 0. The molecule has 0 radical (unpaired) electrons. The highest BCUT2D eigenvalue weighted by molar-refractivity contribution is 6.23. The molecule has 5 nitrogen and oxygen atoms in total. The Hall–Kier alpha value is -8.67. The molecule has 10 aromatic carbocycles. The number of nitrogens with zero attached hydrogens (tertiary/aromatic N) is 3. The van der Waals surface area contributed by atoms with Crippen LogP contribution in [0.5, 0.6) is 0 Å². The van der Waals surface area contributed by atoms with E-state index in [1.807, 2.05) is 60.7 Å². The van der Waals surface area contributed by atoms with Crippen molar-refractivity contribution in [1.29, 1.82) is 0 Å². The van der Waals surface area contributed by atoms with Crippen molar-refractivity contribution in [3.63, 3.8) is 0 Å². The molecular formula is C59H35N3O2. The highest BCUT2D eigenvalue weighted by Crippen LogP contribution is 2.44. The first-order chi connectivity index (χ1) is 31.7. The standard InChI is InChI=1S/C59H35N3O2/c1-3-15-37(16-4-1)48-34-40(58-60-57(38-18-5-2-6-19-38)61-59(62-58)47-26-14-28-53-56(47)46-24-11-12-27-51(46)63-53)29-31-42(48)39-30-32-52-50(33-39)55-45-23-10-9-22-44(45)49(35-54(55)64-52)43-25-13-20-36-17-7-8-21-41(36)43/h1-35H. The number of rotatable bonds is 6. The molecule has 298 valence electrons. The summed E-state index contributed by atoms with van der Waals surface area (Å²) in [7, 11) is 0. The fraction of sp³-hybridized carbons (Fsp3) is 0. The summed E-state index contributed by atoms with van der Waals surface area (Å²) in [6, 6.07) is 74.0. The second-order valence-corrected chi connectivity index (χ2v) is 16.3. The third-order valence-electron chi connectivity index (χ3n) is 12.5. The van der Waals surface area contributed by atoms with Crippen LogP contribution in [0.1, 0.15) is 0 Å². The van der Waals surface area contributed by atoms with Crippen LogP contribution in [0.15, 0.2) is 221 Å². The van der Waals surface area contributed by atoms with Gasteiger partial charge in [0.05, 0.1) is 0 Å². The molecule has 13 aromatic rings. The van der Waals surface area contributed by atoms with Crippen molar-refractivity contribution in [2.45, 2.75) is 0 Å². The number of benzene rings is 10. The van der Waals surface area contributed by atoms with Crippen LogP contribution in [0.25, 0.3) is 133 Å². The molecule has 3 aromatic heterocycles. The SMILES string of the molecule is c1ccc(-c2nc(-c3ccc(-c4ccc5oc6cc(-c7cccc8ccccc78)c7ccccc7c6c5c4)c(-c4ccccc4)c3)nc(-c3cccc4oc5ccccc5c34)n2)cc1. The van der Waals surface area contributed by atoms with E-state index in [2.05, 4.69) is 152 Å². The maximum atomic E-state index is 6.73. The quantitative estimate of drug-likeness (QED) is 0.167. The number of para-hydroxylation sites is 1. The van der Waals surface area contributed by atoms with Crippen molar-refractivity contribution in [1.82, 2.24) is 15.0 Å². The number of hydrogen-bond donors (Lipinski definition) is 0. The molecule has 0 aliphatic rings. The third kappa shape index (κ3) is 5.83. The zero-order valence-electron chi connectivity index (χ0n) is 34.4. The monoisotopic (exact) mass is 817 g/mol. The van der Waals surface area contributed by atoms with E-state index >= 15 is 0 Å². The number of hydrogen-bond acceptors (Lipinski definition) is 5. The summed E-state index contributed by atoms with van der Waals surface area (Å²) >= 11 is 0. The third-order valence-corrected chi connectivity index (χ3v) is 12.5. The van der Waals surface area contributed by atoms with E-state index < -0.39 is 0 Å². The van der Waals surface area contributed by atoms with Gasteiger partial charge < -0.3 is 8.83 Å². The molecule has 0 amide bonds. The first-order valence-electron chi connectivity index (χ1n) is 21.5. The molecule has 0 aliphatic heterocycles. The van der Waals surface area contributed by atoms with Gasteiger partial charge in [0.15, 0.2) is 17.5 Å². The van der Waals surface area contributed by atoms with E-state index in [1.54, 1.807) is 0 Å². The minimum Gasteiger partial charge on any atom is -0.456 e. The molecule has 0 saturated carbocycles. The van der Waals surface area contributed by atoms with Gasteiger partial charge in [-0.25, -0.2) is 15.0 Å². The van der Waals surface area contributed by atoms with Crippen LogP contribution >= 0.6 is 0 Å². The van der Waals surface area contributed by atoms with Crippen molar-refractivity contribution in [2.24, 2.45) is 0 Å². The topological polar surface area (TPSA) is 65.0 Å². The largest absolute Gasteiger partial charge is 0.456 e. The van der Waals surface area contributed by atoms with Crippen LogP contribution in [-0.4, -0.2) is 15.0 Å². The van der Waals surface area contributed by atoms with Crippen LogP contribution in [0.2, 0.25) is 0 Å². The second kappa shape index (κ2) is 14.5. The molecule has 0 fully saturated rings. The Morgan fingerprint density at radius 1 is 0.250 bits per heavy atom. The molecule has 0 atom stereocenters. The molecule has 13 rings (SSSR count). The molecule has 0 saturated heterocycles. The lowest BCUT2D eigenvalue weighted by Gasteiger charge is -2.14. The van der Waals surface area contributed by atoms with E-state index in [0.29, 0.717) is 17.5 Å². The highest BCUT2D eigenvalue weighted by Gasteiger charge is 2.21. The van der Waals surface area contributed by atoms with Crippen LogP contribution < -0.4 is 0 Å². The van der Waals surface area contributed by atoms with Crippen molar-refractivity contribution >= 4 is 65.4 Å². The summed E-state index contributed by atoms with van der Waals surface area (Å²) in [6.45, 7) is 0. The fourth-order valence-corrected chi connectivity index (χ4v) is 9.59. The average Bonchev–Trinajstić information content (AvgIpc) is 3.94. The lowest BCUT2D eigenvalue weighted by molar-refractivity contribution is 0.668. The number of aromatic nitrogens is 3. The zero-order chi connectivity index (χ0) is 42.1. The van der Waals surface area contributed by atoms with Gasteiger partial charge in [-0.15, -0.1) is 0 Å². The highest BCUT2D eigenvalue weighted by atomic mass is 16.3. The Morgan fingerprint density at radius 3 is 1.69 bits per heavy atom. The van der Waals surface area contributed by atoms with Gasteiger partial charge in [-0.05, 0) is 91.3 Å². The fourth-order valence-electron chi connectivity index (χ4n) is 9.59. The maximum absolute atomic E-state index is 6.73. The normalized spacial score (nSPS) is 11.8. The van der Waals surface area contributed by atoms with E-state index in [4.69, 9.17) is 23.8 Å². The predicted molar refractivity (Wildman–Crippen MR) is 262 cm³/mol.